The number of halogens is 1. The minimum atomic E-state index is -0.109. The fourth-order valence-electron chi connectivity index (χ4n) is 4.33. The fourth-order valence-corrected chi connectivity index (χ4v) is 4.45. The second-order valence-electron chi connectivity index (χ2n) is 7.65. The summed E-state index contributed by atoms with van der Waals surface area (Å²) in [5.74, 6) is 0.757. The van der Waals surface area contributed by atoms with Gasteiger partial charge < -0.3 is 19.8 Å². The number of hydrogen-bond acceptors (Lipinski definition) is 4. The van der Waals surface area contributed by atoms with Crippen LogP contribution in [-0.2, 0) is 0 Å². The molecule has 0 radical (unpaired) electrons. The number of piperazine rings is 1. The van der Waals surface area contributed by atoms with E-state index >= 15 is 0 Å². The van der Waals surface area contributed by atoms with Crippen LogP contribution in [0.1, 0.15) is 23.7 Å². The van der Waals surface area contributed by atoms with Gasteiger partial charge in [-0.2, -0.15) is 0 Å². The number of likely N-dealkylation sites (tertiary alicyclic amines) is 1. The molecule has 0 bridgehead atoms. The van der Waals surface area contributed by atoms with Gasteiger partial charge in [-0.05, 0) is 43.1 Å². The van der Waals surface area contributed by atoms with Crippen LogP contribution in [0.2, 0.25) is 5.02 Å². The first-order valence-electron chi connectivity index (χ1n) is 9.61. The first kappa shape index (κ1) is 19.6. The molecule has 2 saturated heterocycles. The first-order valence-corrected chi connectivity index (χ1v) is 9.99. The molecular weight excluding hydrogens is 350 g/mol. The molecular formula is C20H30ClN3O2. The Bertz CT molecular complexity index is 602. The summed E-state index contributed by atoms with van der Waals surface area (Å²) >= 11 is 5.95. The molecule has 5 nitrogen and oxygen atoms in total. The summed E-state index contributed by atoms with van der Waals surface area (Å²) in [5.41, 5.74) is 0.642. The molecule has 3 rings (SSSR count). The Morgan fingerprint density at radius 2 is 1.85 bits per heavy atom. The number of likely N-dealkylation sites (N-methyl/N-ethyl adjacent to an activating group) is 1. The number of aliphatic hydroxyl groups excluding tert-OH is 1. The van der Waals surface area contributed by atoms with E-state index < -0.39 is 0 Å². The molecule has 26 heavy (non-hydrogen) atoms. The number of nitrogens with zero attached hydrogens (tertiary/aromatic N) is 3. The maximum absolute atomic E-state index is 13.0. The van der Waals surface area contributed by atoms with Gasteiger partial charge in [0.15, 0.2) is 0 Å². The molecule has 1 aromatic rings. The quantitative estimate of drug-likeness (QED) is 0.850. The predicted octanol–water partition coefficient (Wildman–Crippen LogP) is 2.05. The number of carbonyl (C=O) groups excluding carboxylic acids is 1. The number of rotatable bonds is 5. The van der Waals surface area contributed by atoms with E-state index in [-0.39, 0.29) is 18.6 Å². The molecule has 0 saturated carbocycles. The van der Waals surface area contributed by atoms with Gasteiger partial charge in [0.25, 0.3) is 5.91 Å². The number of benzene rings is 1. The van der Waals surface area contributed by atoms with Gasteiger partial charge in [0.2, 0.25) is 0 Å². The van der Waals surface area contributed by atoms with Gasteiger partial charge in [-0.3, -0.25) is 4.79 Å². The zero-order chi connectivity index (χ0) is 18.7. The lowest BCUT2D eigenvalue weighted by Gasteiger charge is -2.36. The highest BCUT2D eigenvalue weighted by Crippen LogP contribution is 2.34. The molecule has 2 heterocycles. The van der Waals surface area contributed by atoms with Crippen molar-refractivity contribution in [2.75, 3.05) is 52.9 Å². The van der Waals surface area contributed by atoms with E-state index in [0.29, 0.717) is 22.4 Å². The van der Waals surface area contributed by atoms with Crippen molar-refractivity contribution in [1.29, 1.82) is 0 Å². The van der Waals surface area contributed by atoms with Crippen LogP contribution >= 0.6 is 11.6 Å². The van der Waals surface area contributed by atoms with Gasteiger partial charge >= 0.3 is 0 Å². The normalized spacial score (nSPS) is 27.8. The minimum Gasteiger partial charge on any atom is -0.394 e. The number of hydrogen-bond donors (Lipinski definition) is 1. The van der Waals surface area contributed by atoms with Gasteiger partial charge in [-0.1, -0.05) is 24.9 Å². The van der Waals surface area contributed by atoms with Crippen molar-refractivity contribution in [2.24, 2.45) is 11.8 Å². The molecule has 2 aliphatic rings. The Hall–Kier alpha value is -1.14. The molecule has 0 aliphatic carbocycles. The van der Waals surface area contributed by atoms with Gasteiger partial charge in [0.1, 0.15) is 0 Å². The topological polar surface area (TPSA) is 47.0 Å². The summed E-state index contributed by atoms with van der Waals surface area (Å²) in [7, 11) is 2.16. The Balaban J connectivity index is 1.73. The van der Waals surface area contributed by atoms with Crippen LogP contribution in [0.4, 0.5) is 0 Å². The molecule has 6 heteroatoms. The molecule has 1 N–H and O–H groups in total. The van der Waals surface area contributed by atoms with Crippen LogP contribution in [0, 0.1) is 11.8 Å². The molecule has 0 spiro atoms. The fraction of sp³-hybridized carbons (Fsp3) is 0.650. The highest BCUT2D eigenvalue weighted by Gasteiger charge is 2.43. The summed E-state index contributed by atoms with van der Waals surface area (Å²) in [4.78, 5) is 19.8. The van der Waals surface area contributed by atoms with Crippen molar-refractivity contribution >= 4 is 17.5 Å². The highest BCUT2D eigenvalue weighted by molar-refractivity contribution is 6.30. The van der Waals surface area contributed by atoms with Gasteiger partial charge in [-0.15, -0.1) is 0 Å². The van der Waals surface area contributed by atoms with Gasteiger partial charge in [0, 0.05) is 49.9 Å². The summed E-state index contributed by atoms with van der Waals surface area (Å²) in [6.45, 7) is 8.19. The number of carbonyl (C=O) groups is 1. The average molecular weight is 380 g/mol. The van der Waals surface area contributed by atoms with Crippen LogP contribution < -0.4 is 0 Å². The van der Waals surface area contributed by atoms with Crippen LogP contribution in [-0.4, -0.2) is 84.7 Å². The van der Waals surface area contributed by atoms with E-state index in [1.54, 1.807) is 24.3 Å². The molecule has 144 valence electrons. The molecule has 3 atom stereocenters. The van der Waals surface area contributed by atoms with Crippen LogP contribution in [0.3, 0.4) is 0 Å². The van der Waals surface area contributed by atoms with Gasteiger partial charge in [-0.25, -0.2) is 0 Å². The maximum atomic E-state index is 13.0. The summed E-state index contributed by atoms with van der Waals surface area (Å²) < 4.78 is 0. The second kappa shape index (κ2) is 8.70. The molecule has 2 fully saturated rings. The minimum absolute atomic E-state index is 0.0000409. The maximum Gasteiger partial charge on any atom is 0.254 e. The largest absolute Gasteiger partial charge is 0.394 e. The van der Waals surface area contributed by atoms with Crippen molar-refractivity contribution < 1.29 is 9.90 Å². The average Bonchev–Trinajstić information content (AvgIpc) is 3.01. The van der Waals surface area contributed by atoms with E-state index in [9.17, 15) is 9.90 Å². The van der Waals surface area contributed by atoms with E-state index in [2.05, 4.69) is 23.8 Å². The third kappa shape index (κ3) is 4.22. The Morgan fingerprint density at radius 3 is 2.42 bits per heavy atom. The van der Waals surface area contributed by atoms with Crippen molar-refractivity contribution in [3.05, 3.63) is 34.9 Å². The molecule has 1 aromatic carbocycles. The number of aliphatic hydroxyl groups is 1. The zero-order valence-corrected chi connectivity index (χ0v) is 16.5. The first-order chi connectivity index (χ1) is 12.5. The Morgan fingerprint density at radius 1 is 1.19 bits per heavy atom. The smallest absolute Gasteiger partial charge is 0.254 e. The molecule has 2 aliphatic heterocycles. The zero-order valence-electron chi connectivity index (χ0n) is 15.8. The van der Waals surface area contributed by atoms with E-state index in [1.165, 1.54) is 0 Å². The predicted molar refractivity (Wildman–Crippen MR) is 105 cm³/mol. The SMILES string of the molecule is CC[C@@H]1CN(C(=O)c2ccc(Cl)cc2)[C@H](CO)[C@@H]1CN1CCN(C)CC1. The second-order valence-corrected chi connectivity index (χ2v) is 8.09. The lowest BCUT2D eigenvalue weighted by Crippen LogP contribution is -2.49. The molecule has 1 amide bonds. The van der Waals surface area contributed by atoms with Gasteiger partial charge in [0.05, 0.1) is 12.6 Å². The van der Waals surface area contributed by atoms with Crippen LogP contribution in [0.25, 0.3) is 0 Å². The molecule has 0 unspecified atom stereocenters. The standard InChI is InChI=1S/C20H30ClN3O2/c1-3-15-12-24(20(26)16-4-6-17(21)7-5-16)19(14-25)18(15)13-23-10-8-22(2)9-11-23/h4-7,15,18-19,25H,3,8-14H2,1-2H3/t15-,18-,19-/m1/s1. The van der Waals surface area contributed by atoms with Crippen molar-refractivity contribution in [1.82, 2.24) is 14.7 Å². The third-order valence-corrected chi connectivity index (χ3v) is 6.31. The van der Waals surface area contributed by atoms with Crippen molar-refractivity contribution in [3.8, 4) is 0 Å². The summed E-state index contributed by atoms with van der Waals surface area (Å²) in [6.07, 6.45) is 1.03. The number of amides is 1. The van der Waals surface area contributed by atoms with Crippen molar-refractivity contribution in [3.63, 3.8) is 0 Å². The van der Waals surface area contributed by atoms with E-state index in [1.807, 2.05) is 4.90 Å². The highest BCUT2D eigenvalue weighted by atomic mass is 35.5. The van der Waals surface area contributed by atoms with E-state index in [0.717, 1.165) is 45.7 Å². The van der Waals surface area contributed by atoms with Crippen LogP contribution in [0.15, 0.2) is 24.3 Å². The third-order valence-electron chi connectivity index (χ3n) is 6.06. The van der Waals surface area contributed by atoms with Crippen LogP contribution in [0.5, 0.6) is 0 Å². The van der Waals surface area contributed by atoms with Crippen molar-refractivity contribution in [2.45, 2.75) is 19.4 Å². The lowest BCUT2D eigenvalue weighted by molar-refractivity contribution is 0.0591. The Labute approximate surface area is 161 Å². The molecule has 0 aromatic heterocycles. The van der Waals surface area contributed by atoms with E-state index in [4.69, 9.17) is 11.6 Å². The monoisotopic (exact) mass is 379 g/mol. The lowest BCUT2D eigenvalue weighted by atomic mass is 9.88. The Kier molecular flexibility index (Phi) is 6.56. The summed E-state index contributed by atoms with van der Waals surface area (Å²) in [5, 5.41) is 10.7. The summed E-state index contributed by atoms with van der Waals surface area (Å²) in [6, 6.07) is 6.93.